The van der Waals surface area contributed by atoms with Gasteiger partial charge in [0, 0.05) is 12.1 Å². The fraction of sp³-hybridized carbons (Fsp3) is 0.154. The van der Waals surface area contributed by atoms with Gasteiger partial charge >= 0.3 is 0 Å². The summed E-state index contributed by atoms with van der Waals surface area (Å²) in [4.78, 5) is 11.7. The van der Waals surface area contributed by atoms with E-state index < -0.39 is 0 Å². The van der Waals surface area contributed by atoms with Gasteiger partial charge in [0.1, 0.15) is 5.52 Å². The zero-order chi connectivity index (χ0) is 12.5. The molecule has 0 saturated heterocycles. The Hall–Kier alpha value is -2.43. The molecule has 5 nitrogen and oxygen atoms in total. The van der Waals surface area contributed by atoms with Crippen LogP contribution in [0.15, 0.2) is 35.1 Å². The van der Waals surface area contributed by atoms with Gasteiger partial charge in [-0.2, -0.15) is 10.2 Å². The molecule has 18 heavy (non-hydrogen) atoms. The van der Waals surface area contributed by atoms with Crippen molar-refractivity contribution in [2.24, 2.45) is 0 Å². The maximum Gasteiger partial charge on any atom is 0.275 e. The molecule has 0 aliphatic rings. The summed E-state index contributed by atoms with van der Waals surface area (Å²) >= 11 is 0. The van der Waals surface area contributed by atoms with Gasteiger partial charge in [-0.3, -0.25) is 9.89 Å². The Morgan fingerprint density at radius 3 is 2.67 bits per heavy atom. The second-order valence-corrected chi connectivity index (χ2v) is 4.23. The molecule has 0 atom stereocenters. The van der Waals surface area contributed by atoms with Crippen LogP contribution >= 0.6 is 0 Å². The van der Waals surface area contributed by atoms with E-state index in [0.29, 0.717) is 17.3 Å². The molecule has 5 heteroatoms. The van der Waals surface area contributed by atoms with Crippen molar-refractivity contribution in [3.05, 3.63) is 57.6 Å². The zero-order valence-corrected chi connectivity index (χ0v) is 9.90. The Labute approximate surface area is 103 Å². The zero-order valence-electron chi connectivity index (χ0n) is 9.90. The largest absolute Gasteiger partial charge is 0.281 e. The first-order valence-corrected chi connectivity index (χ1v) is 5.72. The van der Waals surface area contributed by atoms with Gasteiger partial charge in [-0.05, 0) is 12.5 Å². The topological polar surface area (TPSA) is 74.4 Å². The van der Waals surface area contributed by atoms with Crippen molar-refractivity contribution in [2.45, 2.75) is 13.3 Å². The normalized spacial score (nSPS) is 10.9. The SMILES string of the molecule is Cc1[nH]nc2c(Cc3ccccc3)n[nH]c(=O)c12. The highest BCUT2D eigenvalue weighted by atomic mass is 16.1. The maximum absolute atomic E-state index is 11.7. The van der Waals surface area contributed by atoms with E-state index in [2.05, 4.69) is 20.4 Å². The van der Waals surface area contributed by atoms with Gasteiger partial charge in [-0.1, -0.05) is 30.3 Å². The molecule has 3 rings (SSSR count). The summed E-state index contributed by atoms with van der Waals surface area (Å²) in [6, 6.07) is 9.98. The summed E-state index contributed by atoms with van der Waals surface area (Å²) in [6.45, 7) is 1.83. The predicted octanol–water partition coefficient (Wildman–Crippen LogP) is 1.55. The Balaban J connectivity index is 2.14. The molecule has 0 radical (unpaired) electrons. The van der Waals surface area contributed by atoms with Crippen LogP contribution in [0.3, 0.4) is 0 Å². The van der Waals surface area contributed by atoms with Crippen LogP contribution in [0.2, 0.25) is 0 Å². The van der Waals surface area contributed by atoms with E-state index in [1.807, 2.05) is 37.3 Å². The molecule has 0 aliphatic heterocycles. The summed E-state index contributed by atoms with van der Waals surface area (Å²) in [5.74, 6) is 0. The van der Waals surface area contributed by atoms with Gasteiger partial charge in [0.2, 0.25) is 0 Å². The number of aromatic amines is 2. The van der Waals surface area contributed by atoms with E-state index >= 15 is 0 Å². The number of fused-ring (bicyclic) bond motifs is 1. The van der Waals surface area contributed by atoms with Crippen LogP contribution in [-0.2, 0) is 6.42 Å². The number of aromatic nitrogens is 4. The van der Waals surface area contributed by atoms with Gasteiger partial charge < -0.3 is 0 Å². The number of aryl methyl sites for hydroxylation is 1. The van der Waals surface area contributed by atoms with Crippen molar-refractivity contribution in [2.75, 3.05) is 0 Å². The first kappa shape index (κ1) is 10.7. The number of nitrogens with zero attached hydrogens (tertiary/aromatic N) is 2. The Bertz CT molecular complexity index is 743. The second-order valence-electron chi connectivity index (χ2n) is 4.23. The first-order chi connectivity index (χ1) is 8.75. The fourth-order valence-electron chi connectivity index (χ4n) is 2.06. The van der Waals surface area contributed by atoms with E-state index in [0.717, 1.165) is 17.0 Å². The van der Waals surface area contributed by atoms with E-state index in [4.69, 9.17) is 0 Å². The molecule has 0 fully saturated rings. The summed E-state index contributed by atoms with van der Waals surface area (Å²) in [6.07, 6.45) is 0.651. The highest BCUT2D eigenvalue weighted by molar-refractivity contribution is 5.81. The molecule has 0 spiro atoms. The molecule has 0 bridgehead atoms. The van der Waals surface area contributed by atoms with Crippen molar-refractivity contribution in [3.63, 3.8) is 0 Å². The lowest BCUT2D eigenvalue weighted by Crippen LogP contribution is -2.11. The number of benzene rings is 1. The van der Waals surface area contributed by atoms with Crippen LogP contribution < -0.4 is 5.56 Å². The molecule has 2 N–H and O–H groups in total. The standard InChI is InChI=1S/C13H12N4O/c1-8-11-12(16-14-8)10(15-17-13(11)18)7-9-5-3-2-4-6-9/h2-6H,7H2,1H3,(H,14,16)(H,17,18). The third kappa shape index (κ3) is 1.69. The monoisotopic (exact) mass is 240 g/mol. The molecule has 2 aromatic heterocycles. The van der Waals surface area contributed by atoms with Crippen molar-refractivity contribution in [3.8, 4) is 0 Å². The molecule has 3 aromatic rings. The minimum absolute atomic E-state index is 0.201. The fourth-order valence-corrected chi connectivity index (χ4v) is 2.06. The van der Waals surface area contributed by atoms with E-state index in [1.165, 1.54) is 0 Å². The molecule has 1 aromatic carbocycles. The Morgan fingerprint density at radius 2 is 1.89 bits per heavy atom. The molecular formula is C13H12N4O. The van der Waals surface area contributed by atoms with Crippen LogP contribution in [0, 0.1) is 6.92 Å². The summed E-state index contributed by atoms with van der Waals surface area (Å²) in [7, 11) is 0. The average molecular weight is 240 g/mol. The third-order valence-corrected chi connectivity index (χ3v) is 2.95. The smallest absolute Gasteiger partial charge is 0.275 e. The van der Waals surface area contributed by atoms with E-state index in [-0.39, 0.29) is 5.56 Å². The van der Waals surface area contributed by atoms with Gasteiger partial charge in [0.05, 0.1) is 11.1 Å². The van der Waals surface area contributed by atoms with Crippen LogP contribution in [0.1, 0.15) is 17.0 Å². The number of H-pyrrole nitrogens is 2. The molecule has 0 unspecified atom stereocenters. The lowest BCUT2D eigenvalue weighted by Gasteiger charge is -2.01. The van der Waals surface area contributed by atoms with Gasteiger partial charge in [-0.15, -0.1) is 0 Å². The summed E-state index contributed by atoms with van der Waals surface area (Å²) < 4.78 is 0. The second kappa shape index (κ2) is 4.10. The number of hydrogen-bond donors (Lipinski definition) is 2. The molecule has 2 heterocycles. The van der Waals surface area contributed by atoms with Crippen LogP contribution in [0.4, 0.5) is 0 Å². The van der Waals surface area contributed by atoms with Gasteiger partial charge in [0.15, 0.2) is 0 Å². The predicted molar refractivity (Wildman–Crippen MR) is 68.5 cm³/mol. The van der Waals surface area contributed by atoms with Gasteiger partial charge in [-0.25, -0.2) is 5.10 Å². The van der Waals surface area contributed by atoms with Crippen molar-refractivity contribution >= 4 is 10.9 Å². The highest BCUT2D eigenvalue weighted by Crippen LogP contribution is 2.15. The number of nitrogens with one attached hydrogen (secondary N) is 2. The molecule has 90 valence electrons. The van der Waals surface area contributed by atoms with E-state index in [1.54, 1.807) is 0 Å². The van der Waals surface area contributed by atoms with Crippen molar-refractivity contribution in [1.29, 1.82) is 0 Å². The molecule has 0 aliphatic carbocycles. The van der Waals surface area contributed by atoms with Crippen molar-refractivity contribution < 1.29 is 0 Å². The first-order valence-electron chi connectivity index (χ1n) is 5.72. The minimum Gasteiger partial charge on any atom is -0.281 e. The van der Waals surface area contributed by atoms with Crippen LogP contribution in [0.5, 0.6) is 0 Å². The van der Waals surface area contributed by atoms with E-state index in [9.17, 15) is 4.79 Å². The number of hydrogen-bond acceptors (Lipinski definition) is 3. The number of rotatable bonds is 2. The Morgan fingerprint density at radius 1 is 1.11 bits per heavy atom. The van der Waals surface area contributed by atoms with Crippen molar-refractivity contribution in [1.82, 2.24) is 20.4 Å². The Kier molecular flexibility index (Phi) is 2.44. The quantitative estimate of drug-likeness (QED) is 0.713. The summed E-state index contributed by atoms with van der Waals surface area (Å²) in [5, 5.41) is 14.2. The molecule has 0 saturated carbocycles. The molecule has 0 amide bonds. The summed E-state index contributed by atoms with van der Waals surface area (Å²) in [5.41, 5.74) is 3.13. The maximum atomic E-state index is 11.7. The average Bonchev–Trinajstić information content (AvgIpc) is 2.78. The van der Waals surface area contributed by atoms with Gasteiger partial charge in [0.25, 0.3) is 5.56 Å². The third-order valence-electron chi connectivity index (χ3n) is 2.95. The minimum atomic E-state index is -0.201. The van der Waals surface area contributed by atoms with Crippen LogP contribution in [0.25, 0.3) is 10.9 Å². The lowest BCUT2D eigenvalue weighted by atomic mass is 10.1. The highest BCUT2D eigenvalue weighted by Gasteiger charge is 2.12. The molecular weight excluding hydrogens is 228 g/mol. The van der Waals surface area contributed by atoms with Crippen LogP contribution in [-0.4, -0.2) is 20.4 Å². The lowest BCUT2D eigenvalue weighted by molar-refractivity contribution is 0.927.